The van der Waals surface area contributed by atoms with Gasteiger partial charge in [0.1, 0.15) is 6.33 Å². The SMILES string of the molecule is CCCNc1ncnc(-n2cc(I)cn2)c1OC. The van der Waals surface area contributed by atoms with Crippen molar-refractivity contribution in [3.8, 4) is 11.6 Å². The zero-order chi connectivity index (χ0) is 13.0. The summed E-state index contributed by atoms with van der Waals surface area (Å²) in [4.78, 5) is 8.41. The van der Waals surface area contributed by atoms with Crippen molar-refractivity contribution < 1.29 is 4.74 Å². The average Bonchev–Trinajstić information content (AvgIpc) is 2.82. The molecular formula is C11H14IN5O. The maximum Gasteiger partial charge on any atom is 0.206 e. The first-order valence-corrected chi connectivity index (χ1v) is 6.67. The van der Waals surface area contributed by atoms with Crippen molar-refractivity contribution in [1.82, 2.24) is 19.7 Å². The molecule has 96 valence electrons. The van der Waals surface area contributed by atoms with Crippen LogP contribution in [0.4, 0.5) is 5.82 Å². The molecule has 2 heterocycles. The number of nitrogens with zero attached hydrogens (tertiary/aromatic N) is 4. The molecule has 7 heteroatoms. The largest absolute Gasteiger partial charge is 0.490 e. The molecule has 6 nitrogen and oxygen atoms in total. The molecule has 0 amide bonds. The molecule has 2 aromatic heterocycles. The lowest BCUT2D eigenvalue weighted by molar-refractivity contribution is 0.409. The van der Waals surface area contributed by atoms with E-state index in [2.05, 4.69) is 49.9 Å². The highest BCUT2D eigenvalue weighted by Gasteiger charge is 2.14. The van der Waals surface area contributed by atoms with E-state index in [0.717, 1.165) is 16.5 Å². The van der Waals surface area contributed by atoms with Gasteiger partial charge in [0.25, 0.3) is 0 Å². The lowest BCUT2D eigenvalue weighted by Crippen LogP contribution is -2.08. The van der Waals surface area contributed by atoms with E-state index in [1.54, 1.807) is 18.0 Å². The fourth-order valence-corrected chi connectivity index (χ4v) is 1.89. The van der Waals surface area contributed by atoms with Crippen LogP contribution in [-0.4, -0.2) is 33.4 Å². The lowest BCUT2D eigenvalue weighted by atomic mass is 10.4. The van der Waals surface area contributed by atoms with Gasteiger partial charge in [0, 0.05) is 12.7 Å². The van der Waals surface area contributed by atoms with E-state index >= 15 is 0 Å². The Morgan fingerprint density at radius 3 is 2.89 bits per heavy atom. The highest BCUT2D eigenvalue weighted by atomic mass is 127. The van der Waals surface area contributed by atoms with Gasteiger partial charge >= 0.3 is 0 Å². The van der Waals surface area contributed by atoms with Crippen LogP contribution in [0.1, 0.15) is 13.3 Å². The number of nitrogens with one attached hydrogen (secondary N) is 1. The summed E-state index contributed by atoms with van der Waals surface area (Å²) >= 11 is 2.20. The minimum absolute atomic E-state index is 0.602. The summed E-state index contributed by atoms with van der Waals surface area (Å²) in [6.07, 6.45) is 6.17. The zero-order valence-electron chi connectivity index (χ0n) is 10.2. The molecule has 0 atom stereocenters. The van der Waals surface area contributed by atoms with Crippen molar-refractivity contribution in [2.75, 3.05) is 19.0 Å². The zero-order valence-corrected chi connectivity index (χ0v) is 12.4. The quantitative estimate of drug-likeness (QED) is 0.829. The molecule has 0 unspecified atom stereocenters. The Hall–Kier alpha value is -1.38. The molecule has 1 N–H and O–H groups in total. The summed E-state index contributed by atoms with van der Waals surface area (Å²) in [5, 5.41) is 7.44. The molecule has 0 aliphatic heterocycles. The van der Waals surface area contributed by atoms with Crippen LogP contribution in [0.5, 0.6) is 5.75 Å². The molecular weight excluding hydrogens is 345 g/mol. The van der Waals surface area contributed by atoms with Crippen molar-refractivity contribution in [3.63, 3.8) is 0 Å². The smallest absolute Gasteiger partial charge is 0.206 e. The van der Waals surface area contributed by atoms with E-state index in [1.807, 2.05) is 6.20 Å². The molecule has 0 fully saturated rings. The standard InChI is InChI=1S/C11H14IN5O/c1-3-4-13-10-9(18-2)11(15-7-14-10)17-6-8(12)5-16-17/h5-7H,3-4H2,1-2H3,(H,13,14,15). The van der Waals surface area contributed by atoms with Crippen molar-refractivity contribution >= 4 is 28.4 Å². The van der Waals surface area contributed by atoms with E-state index in [0.29, 0.717) is 17.4 Å². The van der Waals surface area contributed by atoms with Crippen LogP contribution in [0.15, 0.2) is 18.7 Å². The third kappa shape index (κ3) is 2.71. The van der Waals surface area contributed by atoms with Gasteiger partial charge in [-0.1, -0.05) is 6.92 Å². The van der Waals surface area contributed by atoms with E-state index in [-0.39, 0.29) is 0 Å². The van der Waals surface area contributed by atoms with E-state index in [1.165, 1.54) is 6.33 Å². The Balaban J connectivity index is 2.41. The maximum atomic E-state index is 5.39. The second-order valence-corrected chi connectivity index (χ2v) is 4.85. The first kappa shape index (κ1) is 13.1. The fourth-order valence-electron chi connectivity index (χ4n) is 1.50. The number of hydrogen-bond donors (Lipinski definition) is 1. The minimum atomic E-state index is 0.602. The molecule has 0 spiro atoms. The van der Waals surface area contributed by atoms with Crippen molar-refractivity contribution in [1.29, 1.82) is 0 Å². The van der Waals surface area contributed by atoms with Gasteiger partial charge in [-0.15, -0.1) is 0 Å². The Morgan fingerprint density at radius 2 is 2.28 bits per heavy atom. The van der Waals surface area contributed by atoms with E-state index in [9.17, 15) is 0 Å². The summed E-state index contributed by atoms with van der Waals surface area (Å²) in [5.41, 5.74) is 0. The summed E-state index contributed by atoms with van der Waals surface area (Å²) in [6.45, 7) is 2.93. The molecule has 0 bridgehead atoms. The topological polar surface area (TPSA) is 64.9 Å². The Labute approximate surface area is 119 Å². The van der Waals surface area contributed by atoms with Crippen LogP contribution < -0.4 is 10.1 Å². The number of aromatic nitrogens is 4. The van der Waals surface area contributed by atoms with Gasteiger partial charge in [-0.3, -0.25) is 0 Å². The molecule has 0 saturated heterocycles. The third-order valence-electron chi connectivity index (χ3n) is 2.30. The number of methoxy groups -OCH3 is 1. The van der Waals surface area contributed by atoms with Gasteiger partial charge in [-0.05, 0) is 29.0 Å². The highest BCUT2D eigenvalue weighted by Crippen LogP contribution is 2.27. The van der Waals surface area contributed by atoms with Gasteiger partial charge < -0.3 is 10.1 Å². The molecule has 0 aliphatic carbocycles. The molecule has 0 aliphatic rings. The first-order valence-electron chi connectivity index (χ1n) is 5.59. The molecule has 0 saturated carbocycles. The van der Waals surface area contributed by atoms with E-state index < -0.39 is 0 Å². The van der Waals surface area contributed by atoms with Crippen LogP contribution in [0, 0.1) is 3.57 Å². The van der Waals surface area contributed by atoms with Gasteiger partial charge in [0.15, 0.2) is 5.82 Å². The highest BCUT2D eigenvalue weighted by molar-refractivity contribution is 14.1. The van der Waals surface area contributed by atoms with Gasteiger partial charge in [0.2, 0.25) is 11.6 Å². The van der Waals surface area contributed by atoms with E-state index in [4.69, 9.17) is 4.74 Å². The Bertz CT molecular complexity index is 528. The number of ether oxygens (including phenoxy) is 1. The van der Waals surface area contributed by atoms with Gasteiger partial charge in [-0.2, -0.15) is 5.10 Å². The van der Waals surface area contributed by atoms with Crippen molar-refractivity contribution in [2.45, 2.75) is 13.3 Å². The fraction of sp³-hybridized carbons (Fsp3) is 0.364. The third-order valence-corrected chi connectivity index (χ3v) is 2.86. The van der Waals surface area contributed by atoms with Crippen LogP contribution in [0.2, 0.25) is 0 Å². The molecule has 0 radical (unpaired) electrons. The van der Waals surface area contributed by atoms with Gasteiger partial charge in [0.05, 0.1) is 16.9 Å². The Morgan fingerprint density at radius 1 is 1.44 bits per heavy atom. The van der Waals surface area contributed by atoms with Gasteiger partial charge in [-0.25, -0.2) is 14.6 Å². The predicted octanol–water partition coefficient (Wildman–Crippen LogP) is 2.10. The summed E-state index contributed by atoms with van der Waals surface area (Å²) in [6, 6.07) is 0. The predicted molar refractivity (Wildman–Crippen MR) is 77.2 cm³/mol. The number of halogens is 1. The van der Waals surface area contributed by atoms with Crippen molar-refractivity contribution in [3.05, 3.63) is 22.3 Å². The second kappa shape index (κ2) is 5.98. The summed E-state index contributed by atoms with van der Waals surface area (Å²) in [7, 11) is 1.60. The molecule has 2 rings (SSSR count). The summed E-state index contributed by atoms with van der Waals surface area (Å²) in [5.74, 6) is 1.93. The van der Waals surface area contributed by atoms with Crippen molar-refractivity contribution in [2.24, 2.45) is 0 Å². The average molecular weight is 359 g/mol. The molecule has 18 heavy (non-hydrogen) atoms. The normalized spacial score (nSPS) is 10.4. The minimum Gasteiger partial charge on any atom is -0.490 e. The molecule has 2 aromatic rings. The monoisotopic (exact) mass is 359 g/mol. The van der Waals surface area contributed by atoms with Crippen LogP contribution in [0.3, 0.4) is 0 Å². The molecule has 0 aromatic carbocycles. The number of anilines is 1. The maximum absolute atomic E-state index is 5.39. The number of hydrogen-bond acceptors (Lipinski definition) is 5. The van der Waals surface area contributed by atoms with Crippen LogP contribution in [-0.2, 0) is 0 Å². The second-order valence-electron chi connectivity index (χ2n) is 3.61. The lowest BCUT2D eigenvalue weighted by Gasteiger charge is -2.12. The van der Waals surface area contributed by atoms with Crippen LogP contribution >= 0.6 is 22.6 Å². The summed E-state index contributed by atoms with van der Waals surface area (Å²) < 4.78 is 8.10. The Kier molecular flexibility index (Phi) is 4.34. The number of rotatable bonds is 5. The first-order chi connectivity index (χ1) is 8.76. The van der Waals surface area contributed by atoms with Crippen LogP contribution in [0.25, 0.3) is 5.82 Å².